The number of sulfonamides is 2. The van der Waals surface area contributed by atoms with E-state index in [1.807, 2.05) is 12.1 Å². The van der Waals surface area contributed by atoms with Crippen LogP contribution >= 0.6 is 11.6 Å². The van der Waals surface area contributed by atoms with E-state index >= 15 is 0 Å². The van der Waals surface area contributed by atoms with Gasteiger partial charge in [0.1, 0.15) is 0 Å². The fraction of sp³-hybridized carbons (Fsp3) is 0.0714. The van der Waals surface area contributed by atoms with Gasteiger partial charge in [0.2, 0.25) is 20.0 Å². The standard InChI is InChI=1S/C28H27ClN6O6S2/c1-17-25(34-27(36)32-20-7-11-22(12-8-20)42(30,38)39)15-6-19(16-18-4-2-3-5-24(18)29)26(17)35-28(37)33-21-9-13-23(14-10-21)43(31,40)41/h2-15H,16H2,1H3,(H2,30,38,39)(H2,31,40,41)(H2,32,34,36)(H2,33,35,37). The summed E-state index contributed by atoms with van der Waals surface area (Å²) < 4.78 is 46.0. The lowest BCUT2D eigenvalue weighted by Crippen LogP contribution is -2.23. The van der Waals surface area contributed by atoms with Gasteiger partial charge in [-0.1, -0.05) is 35.9 Å². The van der Waals surface area contributed by atoms with E-state index in [2.05, 4.69) is 21.3 Å². The topological polar surface area (TPSA) is 203 Å². The van der Waals surface area contributed by atoms with Crippen LogP contribution in [-0.4, -0.2) is 28.9 Å². The maximum atomic E-state index is 13.0. The molecular weight excluding hydrogens is 616 g/mol. The van der Waals surface area contributed by atoms with Crippen molar-refractivity contribution >= 4 is 66.5 Å². The molecular formula is C28H27ClN6O6S2. The van der Waals surface area contributed by atoms with Crippen molar-refractivity contribution < 1.29 is 26.4 Å². The molecule has 0 aliphatic heterocycles. The second-order valence-corrected chi connectivity index (χ2v) is 12.9. The van der Waals surface area contributed by atoms with E-state index in [-0.39, 0.29) is 9.79 Å². The summed E-state index contributed by atoms with van der Waals surface area (Å²) in [5.74, 6) is 0. The van der Waals surface area contributed by atoms with E-state index in [4.69, 9.17) is 21.9 Å². The van der Waals surface area contributed by atoms with Crippen LogP contribution in [0.25, 0.3) is 0 Å². The number of hydrogen-bond donors (Lipinski definition) is 6. The summed E-state index contributed by atoms with van der Waals surface area (Å²) in [5, 5.41) is 21.6. The highest BCUT2D eigenvalue weighted by atomic mass is 35.5. The van der Waals surface area contributed by atoms with Crippen molar-refractivity contribution in [1.29, 1.82) is 0 Å². The molecule has 0 spiro atoms. The van der Waals surface area contributed by atoms with Gasteiger partial charge in [0.15, 0.2) is 0 Å². The summed E-state index contributed by atoms with van der Waals surface area (Å²) in [7, 11) is -7.77. The van der Waals surface area contributed by atoms with Gasteiger partial charge in [-0.25, -0.2) is 36.7 Å². The lowest BCUT2D eigenvalue weighted by molar-refractivity contribution is 0.261. The zero-order valence-corrected chi connectivity index (χ0v) is 25.0. The summed E-state index contributed by atoms with van der Waals surface area (Å²) in [6, 6.07) is 20.1. The summed E-state index contributed by atoms with van der Waals surface area (Å²) >= 11 is 6.38. The van der Waals surface area contributed by atoms with E-state index in [0.29, 0.717) is 45.3 Å². The third-order valence-corrected chi connectivity index (χ3v) is 8.49. The molecule has 0 heterocycles. The first-order valence-electron chi connectivity index (χ1n) is 12.5. The summed E-state index contributed by atoms with van der Waals surface area (Å²) in [6.07, 6.45) is 0.363. The molecule has 0 saturated heterocycles. The molecule has 43 heavy (non-hydrogen) atoms. The molecule has 0 aliphatic rings. The van der Waals surface area contributed by atoms with Crippen LogP contribution in [0.3, 0.4) is 0 Å². The monoisotopic (exact) mass is 642 g/mol. The van der Waals surface area contributed by atoms with Gasteiger partial charge in [-0.2, -0.15) is 0 Å². The highest BCUT2D eigenvalue weighted by Crippen LogP contribution is 2.31. The number of rotatable bonds is 8. The Morgan fingerprint density at radius 2 is 1.14 bits per heavy atom. The van der Waals surface area contributed by atoms with Crippen molar-refractivity contribution in [2.75, 3.05) is 21.3 Å². The number of hydrogen-bond acceptors (Lipinski definition) is 6. The van der Waals surface area contributed by atoms with Crippen molar-refractivity contribution in [2.24, 2.45) is 10.3 Å². The molecule has 4 aromatic rings. The number of carbonyl (C=O) groups excluding carboxylic acids is 2. The number of anilines is 4. The molecule has 15 heteroatoms. The Kier molecular flexibility index (Phi) is 9.37. The Balaban J connectivity index is 1.57. The molecule has 12 nitrogen and oxygen atoms in total. The fourth-order valence-electron chi connectivity index (χ4n) is 4.09. The van der Waals surface area contributed by atoms with Crippen molar-refractivity contribution in [3.8, 4) is 0 Å². The van der Waals surface area contributed by atoms with Gasteiger partial charge in [0, 0.05) is 28.5 Å². The number of benzene rings is 4. The third kappa shape index (κ3) is 8.30. The summed E-state index contributed by atoms with van der Waals surface area (Å²) in [4.78, 5) is 25.6. The summed E-state index contributed by atoms with van der Waals surface area (Å²) in [5.41, 5.74) is 3.48. The largest absolute Gasteiger partial charge is 0.323 e. The summed E-state index contributed by atoms with van der Waals surface area (Å²) in [6.45, 7) is 1.71. The first kappa shape index (κ1) is 31.5. The van der Waals surface area contributed by atoms with E-state index in [1.54, 1.807) is 31.2 Å². The average molecular weight is 643 g/mol. The maximum absolute atomic E-state index is 13.0. The Hall–Kier alpha value is -4.47. The molecule has 0 unspecified atom stereocenters. The molecule has 224 valence electrons. The average Bonchev–Trinajstić information content (AvgIpc) is 2.93. The molecule has 0 fully saturated rings. The van der Waals surface area contributed by atoms with Gasteiger partial charge in [0.25, 0.3) is 0 Å². The number of amides is 4. The molecule has 0 atom stereocenters. The quantitative estimate of drug-likeness (QED) is 0.159. The van der Waals surface area contributed by atoms with Crippen molar-refractivity contribution in [3.63, 3.8) is 0 Å². The number of carbonyl (C=O) groups is 2. The van der Waals surface area contributed by atoms with Crippen LogP contribution in [0.15, 0.2) is 94.7 Å². The lowest BCUT2D eigenvalue weighted by atomic mass is 9.99. The number of halogens is 1. The Morgan fingerprint density at radius 1 is 0.651 bits per heavy atom. The predicted molar refractivity (Wildman–Crippen MR) is 166 cm³/mol. The number of primary sulfonamides is 2. The maximum Gasteiger partial charge on any atom is 0.323 e. The van der Waals surface area contributed by atoms with Gasteiger partial charge >= 0.3 is 12.1 Å². The second kappa shape index (κ2) is 12.8. The first-order valence-corrected chi connectivity index (χ1v) is 16.0. The zero-order valence-electron chi connectivity index (χ0n) is 22.6. The molecule has 4 rings (SSSR count). The number of nitrogens with two attached hydrogens (primary N) is 2. The third-order valence-electron chi connectivity index (χ3n) is 6.26. The SMILES string of the molecule is Cc1c(NC(=O)Nc2ccc(S(N)(=O)=O)cc2)ccc(Cc2ccccc2Cl)c1NC(=O)Nc1ccc(S(N)(=O)=O)cc1. The molecule has 0 aliphatic carbocycles. The zero-order chi connectivity index (χ0) is 31.4. The van der Waals surface area contributed by atoms with E-state index in [9.17, 15) is 26.4 Å². The van der Waals surface area contributed by atoms with Crippen LogP contribution in [0, 0.1) is 6.92 Å². The highest BCUT2D eigenvalue weighted by molar-refractivity contribution is 7.89. The Labute approximate surface area is 253 Å². The van der Waals surface area contributed by atoms with Crippen molar-refractivity contribution in [3.05, 3.63) is 107 Å². The number of nitrogens with one attached hydrogen (secondary N) is 4. The Morgan fingerprint density at radius 3 is 1.63 bits per heavy atom. The molecule has 0 radical (unpaired) electrons. The molecule has 4 aromatic carbocycles. The van der Waals surface area contributed by atoms with Gasteiger partial charge in [-0.05, 0) is 84.3 Å². The molecule has 0 aromatic heterocycles. The normalized spacial score (nSPS) is 11.4. The minimum absolute atomic E-state index is 0.0993. The lowest BCUT2D eigenvalue weighted by Gasteiger charge is -2.19. The van der Waals surface area contributed by atoms with Crippen LogP contribution in [0.5, 0.6) is 0 Å². The smallest absolute Gasteiger partial charge is 0.308 e. The second-order valence-electron chi connectivity index (χ2n) is 9.34. The van der Waals surface area contributed by atoms with Crippen LogP contribution in [-0.2, 0) is 26.5 Å². The van der Waals surface area contributed by atoms with Crippen LogP contribution in [0.4, 0.5) is 32.3 Å². The first-order chi connectivity index (χ1) is 20.2. The molecule has 0 bridgehead atoms. The van der Waals surface area contributed by atoms with E-state index in [0.717, 1.165) is 5.56 Å². The van der Waals surface area contributed by atoms with E-state index < -0.39 is 32.1 Å². The van der Waals surface area contributed by atoms with Crippen LogP contribution in [0.1, 0.15) is 16.7 Å². The number of urea groups is 2. The Bertz CT molecular complexity index is 1900. The van der Waals surface area contributed by atoms with E-state index in [1.165, 1.54) is 48.5 Å². The molecule has 0 saturated carbocycles. The fourth-order valence-corrected chi connectivity index (χ4v) is 5.32. The minimum Gasteiger partial charge on any atom is -0.308 e. The van der Waals surface area contributed by atoms with Gasteiger partial charge in [-0.15, -0.1) is 0 Å². The van der Waals surface area contributed by atoms with Gasteiger partial charge in [-0.3, -0.25) is 0 Å². The molecule has 8 N–H and O–H groups in total. The van der Waals surface area contributed by atoms with Crippen molar-refractivity contribution in [2.45, 2.75) is 23.1 Å². The van der Waals surface area contributed by atoms with Crippen LogP contribution in [0.2, 0.25) is 5.02 Å². The van der Waals surface area contributed by atoms with Gasteiger partial charge < -0.3 is 21.3 Å². The van der Waals surface area contributed by atoms with Gasteiger partial charge in [0.05, 0.1) is 15.5 Å². The van der Waals surface area contributed by atoms with Crippen LogP contribution < -0.4 is 31.5 Å². The predicted octanol–water partition coefficient (Wildman–Crippen LogP) is 4.82. The molecule has 4 amide bonds. The minimum atomic E-state index is -3.89. The van der Waals surface area contributed by atoms with Crippen molar-refractivity contribution in [1.82, 2.24) is 0 Å². The highest BCUT2D eigenvalue weighted by Gasteiger charge is 2.17.